The van der Waals surface area contributed by atoms with Crippen LogP contribution in [0.5, 0.6) is 0 Å². The summed E-state index contributed by atoms with van der Waals surface area (Å²) in [5.41, 5.74) is 4.15. The van der Waals surface area contributed by atoms with E-state index in [1.54, 1.807) is 0 Å². The average molecular weight is 483 g/mol. The van der Waals surface area contributed by atoms with E-state index in [0.29, 0.717) is 5.56 Å². The molecule has 3 aromatic rings. The Labute approximate surface area is 216 Å². The van der Waals surface area contributed by atoms with Crippen molar-refractivity contribution < 1.29 is 8.78 Å². The Bertz CT molecular complexity index is 1190. The highest BCUT2D eigenvalue weighted by molar-refractivity contribution is 5.49. The number of aryl methyl sites for hydroxylation is 2. The third-order valence-corrected chi connectivity index (χ3v) is 6.24. The van der Waals surface area contributed by atoms with Crippen LogP contribution in [0.1, 0.15) is 98.6 Å². The SMILES string of the molecule is CCCCCCCCCc1ccc(C#Cc2c(F)cc(C#Cc3ccc(CCC)cc3)cc2F)cc1. The Morgan fingerprint density at radius 3 is 1.53 bits per heavy atom. The van der Waals surface area contributed by atoms with Gasteiger partial charge in [0.2, 0.25) is 0 Å². The van der Waals surface area contributed by atoms with Crippen LogP contribution in [0.3, 0.4) is 0 Å². The van der Waals surface area contributed by atoms with Crippen LogP contribution in [0.2, 0.25) is 0 Å². The van der Waals surface area contributed by atoms with Crippen molar-refractivity contribution >= 4 is 0 Å². The fraction of sp³-hybridized carbons (Fsp3) is 0.353. The highest BCUT2D eigenvalue weighted by atomic mass is 19.1. The number of benzene rings is 3. The van der Waals surface area contributed by atoms with Gasteiger partial charge in [0.05, 0.1) is 5.56 Å². The molecule has 36 heavy (non-hydrogen) atoms. The van der Waals surface area contributed by atoms with Gasteiger partial charge in [-0.2, -0.15) is 0 Å². The lowest BCUT2D eigenvalue weighted by atomic mass is 10.0. The first kappa shape index (κ1) is 27.2. The molecule has 3 rings (SSSR count). The molecule has 0 saturated carbocycles. The van der Waals surface area contributed by atoms with Crippen molar-refractivity contribution in [2.45, 2.75) is 78.1 Å². The number of unbranched alkanes of at least 4 members (excludes halogenated alkanes) is 6. The molecule has 0 heterocycles. The van der Waals surface area contributed by atoms with Crippen LogP contribution in [0.4, 0.5) is 8.78 Å². The molecule has 0 N–H and O–H groups in total. The third-order valence-electron chi connectivity index (χ3n) is 6.24. The molecule has 0 aliphatic heterocycles. The van der Waals surface area contributed by atoms with Gasteiger partial charge in [-0.05, 0) is 66.8 Å². The van der Waals surface area contributed by atoms with Gasteiger partial charge in [-0.1, -0.05) is 107 Å². The topological polar surface area (TPSA) is 0 Å². The maximum absolute atomic E-state index is 14.6. The molecule has 0 spiro atoms. The number of hydrogen-bond acceptors (Lipinski definition) is 0. The number of rotatable bonds is 10. The van der Waals surface area contributed by atoms with Crippen molar-refractivity contribution in [3.8, 4) is 23.7 Å². The Hall–Kier alpha value is -3.36. The van der Waals surface area contributed by atoms with E-state index in [-0.39, 0.29) is 5.56 Å². The fourth-order valence-electron chi connectivity index (χ4n) is 4.13. The van der Waals surface area contributed by atoms with Gasteiger partial charge in [-0.15, -0.1) is 0 Å². The maximum atomic E-state index is 14.6. The maximum Gasteiger partial charge on any atom is 0.143 e. The van der Waals surface area contributed by atoms with Crippen molar-refractivity contribution in [1.82, 2.24) is 0 Å². The lowest BCUT2D eigenvalue weighted by molar-refractivity contribution is 0.577. The van der Waals surface area contributed by atoms with Gasteiger partial charge in [0.25, 0.3) is 0 Å². The van der Waals surface area contributed by atoms with E-state index >= 15 is 0 Å². The van der Waals surface area contributed by atoms with Crippen LogP contribution in [0, 0.1) is 35.3 Å². The highest BCUT2D eigenvalue weighted by Gasteiger charge is 2.08. The van der Waals surface area contributed by atoms with Crippen molar-refractivity contribution in [3.63, 3.8) is 0 Å². The fourth-order valence-corrected chi connectivity index (χ4v) is 4.13. The standard InChI is InChI=1S/C34H36F2/c1-3-5-6-7-8-9-10-12-28-15-19-30(20-16-28)23-24-32-33(35)25-31(26-34(32)36)22-21-29-17-13-27(11-4-2)14-18-29/h13-20,25-26H,3-12H2,1-2H3. The lowest BCUT2D eigenvalue weighted by Gasteiger charge is -2.03. The molecule has 3 aromatic carbocycles. The third kappa shape index (κ3) is 9.02. The number of hydrogen-bond donors (Lipinski definition) is 0. The molecule has 0 unspecified atom stereocenters. The van der Waals surface area contributed by atoms with Gasteiger partial charge in [0.1, 0.15) is 11.6 Å². The van der Waals surface area contributed by atoms with E-state index in [4.69, 9.17) is 0 Å². The first-order valence-corrected chi connectivity index (χ1v) is 13.3. The highest BCUT2D eigenvalue weighted by Crippen LogP contribution is 2.16. The van der Waals surface area contributed by atoms with Crippen LogP contribution < -0.4 is 0 Å². The minimum Gasteiger partial charge on any atom is -0.205 e. The molecule has 0 aromatic heterocycles. The second-order valence-electron chi connectivity index (χ2n) is 9.33. The summed E-state index contributed by atoms with van der Waals surface area (Å²) in [5, 5.41) is 0. The van der Waals surface area contributed by atoms with E-state index in [1.807, 2.05) is 36.4 Å². The molecule has 0 atom stereocenters. The molecular formula is C34H36F2. The normalized spacial score (nSPS) is 10.3. The minimum atomic E-state index is -0.694. The van der Waals surface area contributed by atoms with E-state index in [1.165, 1.54) is 68.2 Å². The van der Waals surface area contributed by atoms with Gasteiger partial charge in [0.15, 0.2) is 0 Å². The first-order valence-electron chi connectivity index (χ1n) is 13.3. The Balaban J connectivity index is 1.58. The molecule has 2 heteroatoms. The van der Waals surface area contributed by atoms with Crippen LogP contribution in [-0.4, -0.2) is 0 Å². The predicted octanol–water partition coefficient (Wildman–Crippen LogP) is 9.01. The molecule has 0 aliphatic rings. The second-order valence-corrected chi connectivity index (χ2v) is 9.33. The summed E-state index contributed by atoms with van der Waals surface area (Å²) < 4.78 is 29.2. The zero-order valence-corrected chi connectivity index (χ0v) is 21.6. The molecule has 0 amide bonds. The van der Waals surface area contributed by atoms with Crippen LogP contribution in [0.25, 0.3) is 0 Å². The Kier molecular flexibility index (Phi) is 11.3. The molecule has 0 saturated heterocycles. The summed E-state index contributed by atoms with van der Waals surface area (Å²) in [6.07, 6.45) is 12.2. The lowest BCUT2D eigenvalue weighted by Crippen LogP contribution is -1.93. The summed E-state index contributed by atoms with van der Waals surface area (Å²) in [4.78, 5) is 0. The summed E-state index contributed by atoms with van der Waals surface area (Å²) >= 11 is 0. The van der Waals surface area contributed by atoms with Crippen molar-refractivity contribution in [1.29, 1.82) is 0 Å². The van der Waals surface area contributed by atoms with E-state index in [0.717, 1.165) is 30.4 Å². The largest absolute Gasteiger partial charge is 0.205 e. The molecule has 0 bridgehead atoms. The molecular weight excluding hydrogens is 446 g/mol. The van der Waals surface area contributed by atoms with Crippen molar-refractivity contribution in [2.75, 3.05) is 0 Å². The monoisotopic (exact) mass is 482 g/mol. The summed E-state index contributed by atoms with van der Waals surface area (Å²) in [5.74, 6) is 10.0. The summed E-state index contributed by atoms with van der Waals surface area (Å²) in [6, 6.07) is 18.4. The quantitative estimate of drug-likeness (QED) is 0.200. The second kappa shape index (κ2) is 14.9. The first-order chi connectivity index (χ1) is 17.6. The van der Waals surface area contributed by atoms with Gasteiger partial charge < -0.3 is 0 Å². The van der Waals surface area contributed by atoms with Gasteiger partial charge in [-0.25, -0.2) is 8.78 Å². The summed E-state index contributed by atoms with van der Waals surface area (Å²) in [6.45, 7) is 4.38. The Morgan fingerprint density at radius 1 is 0.500 bits per heavy atom. The molecule has 0 fully saturated rings. The Morgan fingerprint density at radius 2 is 0.972 bits per heavy atom. The molecule has 0 aliphatic carbocycles. The molecule has 0 radical (unpaired) electrons. The van der Waals surface area contributed by atoms with Crippen molar-refractivity contribution in [3.05, 3.63) is 106 Å². The zero-order chi connectivity index (χ0) is 25.6. The molecule has 0 nitrogen and oxygen atoms in total. The number of halogens is 2. The van der Waals surface area contributed by atoms with Crippen LogP contribution in [-0.2, 0) is 12.8 Å². The van der Waals surface area contributed by atoms with Gasteiger partial charge >= 0.3 is 0 Å². The predicted molar refractivity (Wildman–Crippen MR) is 147 cm³/mol. The minimum absolute atomic E-state index is 0.225. The summed E-state index contributed by atoms with van der Waals surface area (Å²) in [7, 11) is 0. The smallest absolute Gasteiger partial charge is 0.143 e. The zero-order valence-electron chi connectivity index (χ0n) is 21.6. The molecule has 186 valence electrons. The van der Waals surface area contributed by atoms with Gasteiger partial charge in [-0.3, -0.25) is 0 Å². The van der Waals surface area contributed by atoms with Gasteiger partial charge in [0, 0.05) is 16.7 Å². The van der Waals surface area contributed by atoms with E-state index < -0.39 is 11.6 Å². The van der Waals surface area contributed by atoms with Crippen LogP contribution >= 0.6 is 0 Å². The van der Waals surface area contributed by atoms with Crippen molar-refractivity contribution in [2.24, 2.45) is 0 Å². The average Bonchev–Trinajstić information content (AvgIpc) is 2.88. The van der Waals surface area contributed by atoms with E-state index in [9.17, 15) is 8.78 Å². The van der Waals surface area contributed by atoms with Crippen LogP contribution in [0.15, 0.2) is 60.7 Å². The van der Waals surface area contributed by atoms with E-state index in [2.05, 4.69) is 49.7 Å².